The highest BCUT2D eigenvalue weighted by Gasteiger charge is 2.44. The monoisotopic (exact) mass is 1210 g/mol. The van der Waals surface area contributed by atoms with E-state index in [2.05, 4.69) is 92.1 Å². The number of carbonyl (C=O) groups is 1. The van der Waals surface area contributed by atoms with Crippen molar-refractivity contribution < 1.29 is 39.8 Å². The van der Waals surface area contributed by atoms with E-state index in [1.165, 1.54) is 250 Å². The Bertz CT molecular complexity index is 1590. The number of unbranched alkanes of at least 4 members (excludes halogenated alkanes) is 43. The molecule has 9 nitrogen and oxygen atoms in total. The highest BCUT2D eigenvalue weighted by atomic mass is 16.7. The fraction of sp³-hybridized carbons (Fsp3) is 0.831. The third-order valence-electron chi connectivity index (χ3n) is 17.6. The molecule has 502 valence electrons. The van der Waals surface area contributed by atoms with Crippen molar-refractivity contribution in [3.05, 3.63) is 72.9 Å². The van der Waals surface area contributed by atoms with Crippen LogP contribution in [0.15, 0.2) is 72.9 Å². The van der Waals surface area contributed by atoms with Crippen molar-refractivity contribution in [3.8, 4) is 0 Å². The first kappa shape index (κ1) is 81.6. The minimum Gasteiger partial charge on any atom is -0.394 e. The molecule has 0 saturated carbocycles. The van der Waals surface area contributed by atoms with Crippen molar-refractivity contribution in [2.45, 2.75) is 397 Å². The first-order valence-electron chi connectivity index (χ1n) is 37.1. The van der Waals surface area contributed by atoms with Gasteiger partial charge >= 0.3 is 0 Å². The summed E-state index contributed by atoms with van der Waals surface area (Å²) < 4.78 is 11.4. The highest BCUT2D eigenvalue weighted by molar-refractivity contribution is 5.76. The molecule has 9 heteroatoms. The highest BCUT2D eigenvalue weighted by Crippen LogP contribution is 2.24. The molecule has 86 heavy (non-hydrogen) atoms. The van der Waals surface area contributed by atoms with Crippen LogP contribution in [0.2, 0.25) is 0 Å². The molecule has 1 saturated heterocycles. The standard InChI is InChI=1S/C77H141NO8/c1-3-5-7-9-11-13-15-17-19-21-23-25-27-29-30-31-32-33-34-35-36-37-38-39-40-41-42-43-45-47-49-51-53-55-57-59-61-63-65-67-73(81)78-70(69-85-77-76(84)75(83)74(82)72(68-79)86-77)71(80)66-64-62-60-58-56-54-52-50-48-46-44-28-26-24-22-20-18-16-14-12-10-8-6-4-2/h5,7,11,13,17,19,23,25,29-30,32-33,70-72,74-77,79-80,82-84H,3-4,6,8-10,12,14-16,18,20-22,24,26-28,31,34-69H2,1-2H3,(H,78,81)/b7-5-,13-11-,19-17-,25-23-,30-29-,33-32-. The molecule has 0 aromatic rings. The molecule has 7 atom stereocenters. The zero-order valence-electron chi connectivity index (χ0n) is 56.3. The minimum atomic E-state index is -1.56. The first-order chi connectivity index (χ1) is 42.3. The van der Waals surface area contributed by atoms with Crippen molar-refractivity contribution in [2.75, 3.05) is 13.2 Å². The van der Waals surface area contributed by atoms with Gasteiger partial charge in [0.05, 0.1) is 25.4 Å². The van der Waals surface area contributed by atoms with Gasteiger partial charge in [0, 0.05) is 6.42 Å². The van der Waals surface area contributed by atoms with Gasteiger partial charge in [0.25, 0.3) is 0 Å². The summed E-state index contributed by atoms with van der Waals surface area (Å²) in [5.74, 6) is -0.138. The predicted octanol–water partition coefficient (Wildman–Crippen LogP) is 20.7. The van der Waals surface area contributed by atoms with Gasteiger partial charge in [-0.2, -0.15) is 0 Å². The lowest BCUT2D eigenvalue weighted by Crippen LogP contribution is -2.60. The van der Waals surface area contributed by atoms with Crippen molar-refractivity contribution in [1.82, 2.24) is 5.32 Å². The Labute approximate surface area is 531 Å². The molecule has 0 bridgehead atoms. The SMILES string of the molecule is CC/C=C\C/C=C\C/C=C\C/C=C\C/C=C\C/C=C\CCCCCCCCCCCCCCCCCCCCCCC(=O)NC(COC1OC(CO)C(O)C(O)C1O)C(O)CCCCCCCCCCCCCCCCCCCCCCCCCC. The Morgan fingerprint density at radius 2 is 0.721 bits per heavy atom. The zero-order chi connectivity index (χ0) is 62.1. The topological polar surface area (TPSA) is 149 Å². The summed E-state index contributed by atoms with van der Waals surface area (Å²) in [5, 5.41) is 55.0. The third kappa shape index (κ3) is 53.5. The van der Waals surface area contributed by atoms with E-state index in [1.807, 2.05) is 0 Å². The number of carbonyl (C=O) groups excluding carboxylic acids is 1. The molecule has 0 spiro atoms. The normalized spacial score (nSPS) is 18.4. The molecule has 0 aromatic heterocycles. The fourth-order valence-corrected chi connectivity index (χ4v) is 11.8. The number of allylic oxidation sites excluding steroid dienone is 12. The molecule has 7 unspecified atom stereocenters. The van der Waals surface area contributed by atoms with Crippen LogP contribution in [-0.4, -0.2) is 87.5 Å². The average molecular weight is 1210 g/mol. The molecule has 1 fully saturated rings. The molecule has 6 N–H and O–H groups in total. The molecular formula is C77H141NO8. The molecule has 1 aliphatic rings. The predicted molar refractivity (Wildman–Crippen MR) is 369 cm³/mol. The number of hydrogen-bond acceptors (Lipinski definition) is 8. The summed E-state index contributed by atoms with van der Waals surface area (Å²) in [7, 11) is 0. The van der Waals surface area contributed by atoms with Gasteiger partial charge < -0.3 is 40.3 Å². The van der Waals surface area contributed by atoms with Crippen LogP contribution in [0.25, 0.3) is 0 Å². The number of nitrogens with one attached hydrogen (secondary N) is 1. The Hall–Kier alpha value is -2.37. The molecule has 0 aliphatic carbocycles. The van der Waals surface area contributed by atoms with Crippen molar-refractivity contribution in [2.24, 2.45) is 0 Å². The van der Waals surface area contributed by atoms with Crippen molar-refractivity contribution >= 4 is 5.91 Å². The van der Waals surface area contributed by atoms with E-state index >= 15 is 0 Å². The number of amides is 1. The van der Waals surface area contributed by atoms with Crippen LogP contribution in [0.3, 0.4) is 0 Å². The van der Waals surface area contributed by atoms with Crippen LogP contribution in [0.4, 0.5) is 0 Å². The van der Waals surface area contributed by atoms with E-state index in [4.69, 9.17) is 9.47 Å². The second-order valence-corrected chi connectivity index (χ2v) is 25.7. The molecule has 1 heterocycles. The summed E-state index contributed by atoms with van der Waals surface area (Å²) in [6.07, 6.45) is 85.5. The fourth-order valence-electron chi connectivity index (χ4n) is 11.8. The summed E-state index contributed by atoms with van der Waals surface area (Å²) in [6.45, 7) is 3.77. The van der Waals surface area contributed by atoms with Gasteiger partial charge in [-0.3, -0.25) is 4.79 Å². The second kappa shape index (κ2) is 65.6. The van der Waals surface area contributed by atoms with Gasteiger partial charge in [0.15, 0.2) is 6.29 Å². The van der Waals surface area contributed by atoms with E-state index in [0.29, 0.717) is 12.8 Å². The summed E-state index contributed by atoms with van der Waals surface area (Å²) >= 11 is 0. The molecule has 1 amide bonds. The lowest BCUT2D eigenvalue weighted by atomic mass is 9.99. The molecule has 1 aliphatic heterocycles. The van der Waals surface area contributed by atoms with E-state index in [0.717, 1.165) is 77.0 Å². The van der Waals surface area contributed by atoms with Gasteiger partial charge in [-0.05, 0) is 64.2 Å². The molecule has 1 rings (SSSR count). The Morgan fingerprint density at radius 3 is 1.07 bits per heavy atom. The summed E-state index contributed by atoms with van der Waals surface area (Å²) in [5.41, 5.74) is 0. The van der Waals surface area contributed by atoms with Gasteiger partial charge in [-0.1, -0.05) is 356 Å². The van der Waals surface area contributed by atoms with Crippen LogP contribution in [-0.2, 0) is 14.3 Å². The quantitative estimate of drug-likeness (QED) is 0.0261. The number of ether oxygens (including phenoxy) is 2. The Kier molecular flexibility index (Phi) is 62.3. The second-order valence-electron chi connectivity index (χ2n) is 25.7. The molecule has 0 radical (unpaired) electrons. The summed E-state index contributed by atoms with van der Waals surface area (Å²) in [6, 6.07) is -0.721. The Morgan fingerprint density at radius 1 is 0.407 bits per heavy atom. The third-order valence-corrected chi connectivity index (χ3v) is 17.6. The molecular weight excluding hydrogens is 1070 g/mol. The van der Waals surface area contributed by atoms with Gasteiger partial charge in [0.1, 0.15) is 24.4 Å². The van der Waals surface area contributed by atoms with Crippen LogP contribution in [0, 0.1) is 0 Å². The first-order valence-corrected chi connectivity index (χ1v) is 37.1. The largest absolute Gasteiger partial charge is 0.394 e. The van der Waals surface area contributed by atoms with Crippen molar-refractivity contribution in [1.29, 1.82) is 0 Å². The lowest BCUT2D eigenvalue weighted by Gasteiger charge is -2.40. The van der Waals surface area contributed by atoms with E-state index in [-0.39, 0.29) is 12.5 Å². The Balaban J connectivity index is 2.06. The number of aliphatic hydroxyl groups excluding tert-OH is 5. The van der Waals surface area contributed by atoms with Gasteiger partial charge in [0.2, 0.25) is 5.91 Å². The zero-order valence-corrected chi connectivity index (χ0v) is 56.3. The average Bonchev–Trinajstić information content (AvgIpc) is 3.55. The number of aliphatic hydroxyl groups is 5. The van der Waals surface area contributed by atoms with Crippen molar-refractivity contribution in [3.63, 3.8) is 0 Å². The van der Waals surface area contributed by atoms with Gasteiger partial charge in [-0.15, -0.1) is 0 Å². The van der Waals surface area contributed by atoms with Crippen LogP contribution >= 0.6 is 0 Å². The van der Waals surface area contributed by atoms with Crippen LogP contribution < -0.4 is 5.32 Å². The minimum absolute atomic E-state index is 0.135. The molecule has 0 aromatic carbocycles. The van der Waals surface area contributed by atoms with Crippen LogP contribution in [0.1, 0.15) is 354 Å². The van der Waals surface area contributed by atoms with E-state index in [9.17, 15) is 30.3 Å². The van der Waals surface area contributed by atoms with Gasteiger partial charge in [-0.25, -0.2) is 0 Å². The smallest absolute Gasteiger partial charge is 0.220 e. The maximum Gasteiger partial charge on any atom is 0.220 e. The summed E-state index contributed by atoms with van der Waals surface area (Å²) in [4.78, 5) is 13.2. The number of hydrogen-bond donors (Lipinski definition) is 6. The van der Waals surface area contributed by atoms with E-state index < -0.39 is 49.5 Å². The number of rotatable bonds is 65. The van der Waals surface area contributed by atoms with E-state index in [1.54, 1.807) is 0 Å². The maximum atomic E-state index is 13.2. The lowest BCUT2D eigenvalue weighted by molar-refractivity contribution is -0.302. The maximum absolute atomic E-state index is 13.2. The van der Waals surface area contributed by atoms with Crippen LogP contribution in [0.5, 0.6) is 0 Å².